The molecule has 1 N–H and O–H groups in total. The Hall–Kier alpha value is -3.49. The minimum absolute atomic E-state index is 0.0207. The number of rotatable bonds is 7. The van der Waals surface area contributed by atoms with Crippen molar-refractivity contribution in [3.05, 3.63) is 93.0 Å². The van der Waals surface area contributed by atoms with Gasteiger partial charge in [0, 0.05) is 28.0 Å². The minimum atomic E-state index is 0.0207. The number of aromatic nitrogens is 3. The average Bonchev–Trinajstić information content (AvgIpc) is 3.39. The zero-order chi connectivity index (χ0) is 24.5. The first-order valence-electron chi connectivity index (χ1n) is 11.1. The molecule has 0 aliphatic carbocycles. The third-order valence-electron chi connectivity index (χ3n) is 5.74. The van der Waals surface area contributed by atoms with Crippen LogP contribution in [-0.2, 0) is 6.61 Å². The second-order valence-electron chi connectivity index (χ2n) is 8.27. The number of nitrogens with zero attached hydrogens (tertiary/aromatic N) is 3. The summed E-state index contributed by atoms with van der Waals surface area (Å²) in [6, 6.07) is 22.1. The van der Waals surface area contributed by atoms with Crippen molar-refractivity contribution in [2.75, 3.05) is 5.32 Å². The predicted molar refractivity (Wildman–Crippen MR) is 144 cm³/mol. The quantitative estimate of drug-likeness (QED) is 0.215. The standard InChI is InChI=1S/C27H23BrN4O2S/c1-16-9-11-20(12-10-16)32-17(2)26(18(3)33)21-13-24(22(28)14-23(21)32)34-15-25-30-31-27(35-25)29-19-7-5-4-6-8-19/h4-14H,15H2,1-3H3,(H,29,31). The number of aryl methyl sites for hydroxylation is 1. The van der Waals surface area contributed by atoms with E-state index in [0.29, 0.717) is 16.4 Å². The largest absolute Gasteiger partial charge is 0.485 e. The van der Waals surface area contributed by atoms with Crippen molar-refractivity contribution in [1.82, 2.24) is 14.8 Å². The van der Waals surface area contributed by atoms with Crippen molar-refractivity contribution >= 4 is 54.8 Å². The van der Waals surface area contributed by atoms with Gasteiger partial charge in [-0.05, 0) is 73.1 Å². The molecule has 0 atom stereocenters. The number of para-hydroxylation sites is 1. The molecule has 35 heavy (non-hydrogen) atoms. The number of ether oxygens (including phenoxy) is 1. The van der Waals surface area contributed by atoms with Crippen LogP contribution in [-0.4, -0.2) is 20.5 Å². The van der Waals surface area contributed by atoms with Gasteiger partial charge in [0.15, 0.2) is 10.8 Å². The maximum atomic E-state index is 12.6. The number of Topliss-reactive ketones (excluding diaryl/α,β-unsaturated/α-hetero) is 1. The number of anilines is 2. The Bertz CT molecular complexity index is 1520. The van der Waals surface area contributed by atoms with Gasteiger partial charge >= 0.3 is 0 Å². The monoisotopic (exact) mass is 546 g/mol. The Morgan fingerprint density at radius 3 is 2.51 bits per heavy atom. The van der Waals surface area contributed by atoms with Crippen LogP contribution in [0.2, 0.25) is 0 Å². The summed E-state index contributed by atoms with van der Waals surface area (Å²) in [5, 5.41) is 14.0. The van der Waals surface area contributed by atoms with Crippen molar-refractivity contribution in [3.8, 4) is 11.4 Å². The second-order valence-corrected chi connectivity index (χ2v) is 10.2. The molecule has 0 aliphatic heterocycles. The highest BCUT2D eigenvalue weighted by molar-refractivity contribution is 9.10. The van der Waals surface area contributed by atoms with Crippen molar-refractivity contribution in [1.29, 1.82) is 0 Å². The summed E-state index contributed by atoms with van der Waals surface area (Å²) < 4.78 is 9.03. The topological polar surface area (TPSA) is 69.0 Å². The van der Waals surface area contributed by atoms with Gasteiger partial charge in [-0.2, -0.15) is 0 Å². The van der Waals surface area contributed by atoms with Gasteiger partial charge in [0.05, 0.1) is 9.99 Å². The lowest BCUT2D eigenvalue weighted by atomic mass is 10.1. The second kappa shape index (κ2) is 9.64. The number of ketones is 1. The lowest BCUT2D eigenvalue weighted by Crippen LogP contribution is -1.99. The Labute approximate surface area is 215 Å². The molecular formula is C27H23BrN4O2S. The van der Waals surface area contributed by atoms with Gasteiger partial charge in [-0.1, -0.05) is 47.2 Å². The molecule has 176 valence electrons. The fourth-order valence-corrected chi connectivity index (χ4v) is 5.26. The van der Waals surface area contributed by atoms with E-state index in [4.69, 9.17) is 4.74 Å². The Morgan fingerprint density at radius 1 is 1.06 bits per heavy atom. The number of fused-ring (bicyclic) bond motifs is 1. The molecule has 6 nitrogen and oxygen atoms in total. The van der Waals surface area contributed by atoms with Gasteiger partial charge in [-0.3, -0.25) is 4.79 Å². The smallest absolute Gasteiger partial charge is 0.210 e. The molecule has 5 rings (SSSR count). The van der Waals surface area contributed by atoms with Gasteiger partial charge in [0.25, 0.3) is 0 Å². The van der Waals surface area contributed by atoms with Gasteiger partial charge in [0.1, 0.15) is 12.4 Å². The maximum absolute atomic E-state index is 12.6. The zero-order valence-corrected chi connectivity index (χ0v) is 21.9. The van der Waals surface area contributed by atoms with Gasteiger partial charge < -0.3 is 14.6 Å². The van der Waals surface area contributed by atoms with E-state index in [9.17, 15) is 4.79 Å². The molecule has 3 aromatic carbocycles. The normalized spacial score (nSPS) is 11.1. The van der Waals surface area contributed by atoms with E-state index < -0.39 is 0 Å². The van der Waals surface area contributed by atoms with Gasteiger partial charge in [-0.25, -0.2) is 0 Å². The molecule has 0 amide bonds. The molecule has 0 saturated carbocycles. The Morgan fingerprint density at radius 2 is 1.80 bits per heavy atom. The molecule has 8 heteroatoms. The minimum Gasteiger partial charge on any atom is -0.485 e. The summed E-state index contributed by atoms with van der Waals surface area (Å²) in [6.45, 7) is 5.91. The van der Waals surface area contributed by atoms with Crippen molar-refractivity contribution in [2.45, 2.75) is 27.4 Å². The Kier molecular flexibility index (Phi) is 6.40. The van der Waals surface area contributed by atoms with Crippen LogP contribution >= 0.6 is 27.3 Å². The highest BCUT2D eigenvalue weighted by atomic mass is 79.9. The lowest BCUT2D eigenvalue weighted by Gasteiger charge is -2.11. The number of halogens is 1. The molecule has 0 unspecified atom stereocenters. The van der Waals surface area contributed by atoms with E-state index in [-0.39, 0.29) is 12.4 Å². The first kappa shape index (κ1) is 23.3. The highest BCUT2D eigenvalue weighted by Crippen LogP contribution is 2.37. The molecule has 0 bridgehead atoms. The number of carbonyl (C=O) groups excluding carboxylic acids is 1. The molecule has 0 fully saturated rings. The number of hydrogen-bond donors (Lipinski definition) is 1. The van der Waals surface area contributed by atoms with Crippen molar-refractivity contribution in [3.63, 3.8) is 0 Å². The van der Waals surface area contributed by atoms with E-state index in [2.05, 4.69) is 67.2 Å². The van der Waals surface area contributed by atoms with Gasteiger partial charge in [-0.15, -0.1) is 10.2 Å². The SMILES string of the molecule is CC(=O)c1c(C)n(-c2ccc(C)cc2)c2cc(Br)c(OCc3nnc(Nc4ccccc4)s3)cc12. The van der Waals surface area contributed by atoms with Crippen LogP contribution in [0.5, 0.6) is 5.75 Å². The van der Waals surface area contributed by atoms with Gasteiger partial charge in [0.2, 0.25) is 5.13 Å². The molecule has 2 heterocycles. The summed E-state index contributed by atoms with van der Waals surface area (Å²) >= 11 is 5.10. The molecule has 2 aromatic heterocycles. The summed E-state index contributed by atoms with van der Waals surface area (Å²) in [5.74, 6) is 0.668. The van der Waals surface area contributed by atoms with Crippen molar-refractivity contribution < 1.29 is 9.53 Å². The van der Waals surface area contributed by atoms with E-state index in [1.54, 1.807) is 6.92 Å². The summed E-state index contributed by atoms with van der Waals surface area (Å²) in [6.07, 6.45) is 0. The summed E-state index contributed by atoms with van der Waals surface area (Å²) in [7, 11) is 0. The van der Waals surface area contributed by atoms with Crippen LogP contribution < -0.4 is 10.1 Å². The van der Waals surface area contributed by atoms with Crippen LogP contribution in [0.3, 0.4) is 0 Å². The molecule has 5 aromatic rings. The van der Waals surface area contributed by atoms with Crippen LogP contribution in [0, 0.1) is 13.8 Å². The van der Waals surface area contributed by atoms with E-state index in [1.807, 2.05) is 49.4 Å². The third kappa shape index (κ3) is 4.72. The summed E-state index contributed by atoms with van der Waals surface area (Å²) in [5.41, 5.74) is 5.70. The summed E-state index contributed by atoms with van der Waals surface area (Å²) in [4.78, 5) is 12.6. The number of hydrogen-bond acceptors (Lipinski definition) is 6. The fraction of sp³-hybridized carbons (Fsp3) is 0.148. The van der Waals surface area contributed by atoms with Crippen LogP contribution in [0.1, 0.15) is 33.5 Å². The first-order chi connectivity index (χ1) is 16.9. The highest BCUT2D eigenvalue weighted by Gasteiger charge is 2.21. The van der Waals surface area contributed by atoms with Crippen molar-refractivity contribution in [2.24, 2.45) is 0 Å². The van der Waals surface area contributed by atoms with E-state index >= 15 is 0 Å². The molecule has 0 spiro atoms. The van der Waals surface area contributed by atoms with Crippen LogP contribution in [0.25, 0.3) is 16.6 Å². The number of benzene rings is 3. The molecule has 0 aliphatic rings. The van der Waals surface area contributed by atoms with Crippen LogP contribution in [0.4, 0.5) is 10.8 Å². The molecular weight excluding hydrogens is 524 g/mol. The number of carbonyl (C=O) groups is 1. The average molecular weight is 547 g/mol. The van der Waals surface area contributed by atoms with Crippen LogP contribution in [0.15, 0.2) is 71.2 Å². The van der Waals surface area contributed by atoms with E-state index in [1.165, 1.54) is 16.9 Å². The first-order valence-corrected chi connectivity index (χ1v) is 12.7. The maximum Gasteiger partial charge on any atom is 0.210 e. The van der Waals surface area contributed by atoms with E-state index in [0.717, 1.165) is 37.5 Å². The molecule has 0 saturated heterocycles. The molecule has 0 radical (unpaired) electrons. The predicted octanol–water partition coefficient (Wildman–Crippen LogP) is 7.39. The fourth-order valence-electron chi connectivity index (χ4n) is 4.14. The third-order valence-corrected chi connectivity index (χ3v) is 7.18. The Balaban J connectivity index is 1.45. The zero-order valence-electron chi connectivity index (χ0n) is 19.5. The number of nitrogens with one attached hydrogen (secondary N) is 1. The lowest BCUT2D eigenvalue weighted by molar-refractivity contribution is 0.101.